The average Bonchev–Trinajstić information content (AvgIpc) is 3.16. The van der Waals surface area contributed by atoms with Gasteiger partial charge in [-0.3, -0.25) is 0 Å². The summed E-state index contributed by atoms with van der Waals surface area (Å²) in [6.45, 7) is 1.24. The van der Waals surface area contributed by atoms with Gasteiger partial charge in [-0.1, -0.05) is 17.2 Å². The van der Waals surface area contributed by atoms with Crippen LogP contribution in [0.1, 0.15) is 24.3 Å². The van der Waals surface area contributed by atoms with Crippen molar-refractivity contribution in [3.8, 4) is 0 Å². The van der Waals surface area contributed by atoms with Crippen LogP contribution < -0.4 is 10.6 Å². The molecule has 0 bridgehead atoms. The van der Waals surface area contributed by atoms with E-state index >= 15 is 0 Å². The Hall–Kier alpha value is -1.95. The summed E-state index contributed by atoms with van der Waals surface area (Å²) in [5.74, 6) is 0.374. The molecule has 3 rings (SSSR count). The van der Waals surface area contributed by atoms with E-state index in [0.717, 1.165) is 5.56 Å². The maximum absolute atomic E-state index is 13.0. The Morgan fingerprint density at radius 2 is 2.20 bits per heavy atom. The average molecular weight is 276 g/mol. The molecule has 1 saturated carbocycles. The van der Waals surface area contributed by atoms with Crippen molar-refractivity contribution in [1.29, 1.82) is 0 Å². The number of halogens is 1. The first-order chi connectivity index (χ1) is 9.79. The maximum atomic E-state index is 13.0. The molecule has 1 heterocycles. The molecule has 20 heavy (non-hydrogen) atoms. The lowest BCUT2D eigenvalue weighted by Crippen LogP contribution is -2.15. The van der Waals surface area contributed by atoms with Crippen LogP contribution in [0, 0.1) is 5.82 Å². The van der Waals surface area contributed by atoms with Crippen molar-refractivity contribution in [2.24, 2.45) is 0 Å². The number of nitrogens with one attached hydrogen (secondary N) is 2. The van der Waals surface area contributed by atoms with Gasteiger partial charge in [0, 0.05) is 12.6 Å². The molecule has 0 unspecified atom stereocenters. The minimum Gasteiger partial charge on any atom is -0.407 e. The van der Waals surface area contributed by atoms with Gasteiger partial charge in [-0.05, 0) is 37.0 Å². The van der Waals surface area contributed by atoms with E-state index in [1.54, 1.807) is 6.07 Å². The van der Waals surface area contributed by atoms with Crippen LogP contribution in [0.25, 0.3) is 0 Å². The molecule has 6 heteroatoms. The van der Waals surface area contributed by atoms with Crippen LogP contribution >= 0.6 is 0 Å². The van der Waals surface area contributed by atoms with Gasteiger partial charge in [-0.25, -0.2) is 4.39 Å². The van der Waals surface area contributed by atoms with Crippen LogP contribution in [-0.4, -0.2) is 22.8 Å². The summed E-state index contributed by atoms with van der Waals surface area (Å²) < 4.78 is 18.5. The van der Waals surface area contributed by atoms with Gasteiger partial charge in [-0.15, -0.1) is 5.10 Å². The normalized spacial score (nSPS) is 14.4. The topological polar surface area (TPSA) is 63.0 Å². The second-order valence-electron chi connectivity index (χ2n) is 4.96. The van der Waals surface area contributed by atoms with E-state index in [9.17, 15) is 4.39 Å². The van der Waals surface area contributed by atoms with Gasteiger partial charge in [0.15, 0.2) is 0 Å². The van der Waals surface area contributed by atoms with E-state index in [1.165, 1.54) is 25.0 Å². The lowest BCUT2D eigenvalue weighted by Gasteiger charge is -2.02. The molecule has 0 saturated heterocycles. The van der Waals surface area contributed by atoms with E-state index < -0.39 is 0 Å². The van der Waals surface area contributed by atoms with Crippen molar-refractivity contribution < 1.29 is 8.81 Å². The molecular formula is C14H17FN4O. The minimum atomic E-state index is -0.214. The number of rotatable bonds is 7. The van der Waals surface area contributed by atoms with Crippen molar-refractivity contribution in [3.63, 3.8) is 0 Å². The highest BCUT2D eigenvalue weighted by Crippen LogP contribution is 2.19. The quantitative estimate of drug-likeness (QED) is 0.811. The summed E-state index contributed by atoms with van der Waals surface area (Å²) in [5, 5.41) is 14.2. The predicted molar refractivity (Wildman–Crippen MR) is 72.8 cm³/mol. The first-order valence-corrected chi connectivity index (χ1v) is 6.84. The molecule has 0 aliphatic heterocycles. The molecule has 2 aromatic rings. The Labute approximate surface area is 116 Å². The van der Waals surface area contributed by atoms with Crippen LogP contribution in [0.15, 0.2) is 28.7 Å². The minimum absolute atomic E-state index is 0.214. The highest BCUT2D eigenvalue weighted by atomic mass is 19.1. The lowest BCUT2D eigenvalue weighted by atomic mass is 10.1. The predicted octanol–water partition coefficient (Wildman–Crippen LogP) is 2.12. The molecule has 0 amide bonds. The van der Waals surface area contributed by atoms with E-state index in [0.29, 0.717) is 37.5 Å². The first-order valence-electron chi connectivity index (χ1n) is 6.84. The van der Waals surface area contributed by atoms with Crippen molar-refractivity contribution in [1.82, 2.24) is 15.5 Å². The smallest absolute Gasteiger partial charge is 0.315 e. The second kappa shape index (κ2) is 6.00. The molecule has 1 fully saturated rings. The van der Waals surface area contributed by atoms with Gasteiger partial charge in [0.05, 0.1) is 6.54 Å². The SMILES string of the molecule is Fc1cccc(CCNc2nnc(CNC3CC3)o2)c1. The van der Waals surface area contributed by atoms with Gasteiger partial charge in [0.2, 0.25) is 5.89 Å². The standard InChI is InChI=1S/C14H17FN4O/c15-11-3-1-2-10(8-11)6-7-16-14-19-18-13(20-14)9-17-12-4-5-12/h1-3,8,12,17H,4-7,9H2,(H,16,19). The largest absolute Gasteiger partial charge is 0.407 e. The molecule has 1 aromatic heterocycles. The van der Waals surface area contributed by atoms with Gasteiger partial charge in [0.1, 0.15) is 5.82 Å². The van der Waals surface area contributed by atoms with E-state index in [2.05, 4.69) is 20.8 Å². The van der Waals surface area contributed by atoms with Crippen LogP contribution in [0.2, 0.25) is 0 Å². The molecule has 5 nitrogen and oxygen atoms in total. The summed E-state index contributed by atoms with van der Waals surface area (Å²) in [7, 11) is 0. The molecule has 1 aliphatic carbocycles. The van der Waals surface area contributed by atoms with Gasteiger partial charge < -0.3 is 15.1 Å². The monoisotopic (exact) mass is 276 g/mol. The highest BCUT2D eigenvalue weighted by Gasteiger charge is 2.21. The van der Waals surface area contributed by atoms with Crippen LogP contribution in [0.5, 0.6) is 0 Å². The molecule has 1 aliphatic rings. The third kappa shape index (κ3) is 3.77. The maximum Gasteiger partial charge on any atom is 0.315 e. The van der Waals surface area contributed by atoms with Crippen LogP contribution in [0.4, 0.5) is 10.4 Å². The summed E-state index contributed by atoms with van der Waals surface area (Å²) >= 11 is 0. The zero-order valence-electron chi connectivity index (χ0n) is 11.1. The fourth-order valence-electron chi connectivity index (χ4n) is 1.92. The lowest BCUT2D eigenvalue weighted by molar-refractivity contribution is 0.476. The zero-order valence-corrected chi connectivity index (χ0v) is 11.1. The molecule has 106 valence electrons. The zero-order chi connectivity index (χ0) is 13.8. The Morgan fingerprint density at radius 1 is 1.30 bits per heavy atom. The molecule has 1 aromatic carbocycles. The van der Waals surface area contributed by atoms with E-state index in [4.69, 9.17) is 4.42 Å². The number of benzene rings is 1. The van der Waals surface area contributed by atoms with E-state index in [1.807, 2.05) is 6.07 Å². The van der Waals surface area contributed by atoms with Gasteiger partial charge in [-0.2, -0.15) is 0 Å². The fraction of sp³-hybridized carbons (Fsp3) is 0.429. The van der Waals surface area contributed by atoms with Gasteiger partial charge in [0.25, 0.3) is 0 Å². The van der Waals surface area contributed by atoms with Crippen molar-refractivity contribution >= 4 is 6.01 Å². The highest BCUT2D eigenvalue weighted by molar-refractivity contribution is 5.21. The molecule has 0 atom stereocenters. The molecule has 0 spiro atoms. The first kappa shape index (κ1) is 13.1. The Morgan fingerprint density at radius 3 is 3.00 bits per heavy atom. The third-order valence-corrected chi connectivity index (χ3v) is 3.17. The van der Waals surface area contributed by atoms with Gasteiger partial charge >= 0.3 is 6.01 Å². The van der Waals surface area contributed by atoms with E-state index in [-0.39, 0.29) is 5.82 Å². The number of nitrogens with zero attached hydrogens (tertiary/aromatic N) is 2. The van der Waals surface area contributed by atoms with Crippen LogP contribution in [-0.2, 0) is 13.0 Å². The molecule has 2 N–H and O–H groups in total. The third-order valence-electron chi connectivity index (χ3n) is 3.17. The van der Waals surface area contributed by atoms with Crippen molar-refractivity contribution in [2.45, 2.75) is 31.8 Å². The number of hydrogen-bond acceptors (Lipinski definition) is 5. The molecule has 0 radical (unpaired) electrons. The Balaban J connectivity index is 1.43. The van der Waals surface area contributed by atoms with Crippen molar-refractivity contribution in [2.75, 3.05) is 11.9 Å². The summed E-state index contributed by atoms with van der Waals surface area (Å²) in [6.07, 6.45) is 3.16. The fourth-order valence-corrected chi connectivity index (χ4v) is 1.92. The number of hydrogen-bond donors (Lipinski definition) is 2. The van der Waals surface area contributed by atoms with Crippen LogP contribution in [0.3, 0.4) is 0 Å². The molecular weight excluding hydrogens is 259 g/mol. The number of anilines is 1. The summed E-state index contributed by atoms with van der Waals surface area (Å²) in [5.41, 5.74) is 0.938. The Kier molecular flexibility index (Phi) is 3.92. The summed E-state index contributed by atoms with van der Waals surface area (Å²) in [6, 6.07) is 7.59. The second-order valence-corrected chi connectivity index (χ2v) is 4.96. The van der Waals surface area contributed by atoms with Crippen molar-refractivity contribution in [3.05, 3.63) is 41.5 Å². The summed E-state index contributed by atoms with van der Waals surface area (Å²) in [4.78, 5) is 0. The number of aromatic nitrogens is 2. The Bertz CT molecular complexity index is 568.